The summed E-state index contributed by atoms with van der Waals surface area (Å²) in [4.78, 5) is 73.6. The van der Waals surface area contributed by atoms with E-state index >= 15 is 0 Å². The molecule has 2 saturated heterocycles. The van der Waals surface area contributed by atoms with Gasteiger partial charge < -0.3 is 52.5 Å². The van der Waals surface area contributed by atoms with Crippen LogP contribution in [0, 0.1) is 28.9 Å². The van der Waals surface area contributed by atoms with Crippen molar-refractivity contribution in [2.24, 2.45) is 11.8 Å². The fraction of sp³-hybridized carbons (Fsp3) is 0.525. The quantitative estimate of drug-likeness (QED) is 0.0783. The number of rotatable bonds is 17. The molecule has 0 aromatic heterocycles. The number of nitro groups is 1. The highest BCUT2D eigenvalue weighted by atomic mass is 32.2. The predicted octanol–water partition coefficient (Wildman–Crippen LogP) is 2.22. The predicted molar refractivity (Wildman–Crippen MR) is 207 cm³/mol. The Morgan fingerprint density at radius 1 is 0.873 bits per heavy atom. The number of carbonyl (C=O) groups is 5. The molecule has 3 heterocycles. The molecule has 3 unspecified atom stereocenters. The third-order valence-corrected chi connectivity index (χ3v) is 11.3. The molecule has 0 bridgehead atoms. The van der Waals surface area contributed by atoms with Crippen LogP contribution in [0.15, 0.2) is 65.3 Å². The highest BCUT2D eigenvalue weighted by Crippen LogP contribution is 2.43. The maximum Gasteiger partial charge on any atom is 0.337 e. The molecule has 0 saturated carbocycles. The third-order valence-electron chi connectivity index (χ3n) is 9.97. The molecule has 23 heteroatoms. The number of nitro benzene ring substituents is 1. The summed E-state index contributed by atoms with van der Waals surface area (Å²) in [5, 5.41) is 23.8. The van der Waals surface area contributed by atoms with Gasteiger partial charge in [0.2, 0.25) is 12.6 Å². The van der Waals surface area contributed by atoms with Gasteiger partial charge >= 0.3 is 29.8 Å². The molecule has 1 N–H and O–H groups in total. The van der Waals surface area contributed by atoms with E-state index in [-0.39, 0.29) is 34.7 Å². The molecule has 0 aliphatic carbocycles. The maximum atomic E-state index is 13.4. The van der Waals surface area contributed by atoms with Gasteiger partial charge in [0.1, 0.15) is 18.8 Å². The zero-order chi connectivity index (χ0) is 46.2. The first-order chi connectivity index (χ1) is 29.8. The summed E-state index contributed by atoms with van der Waals surface area (Å²) >= 11 is 0. The van der Waals surface area contributed by atoms with Gasteiger partial charge in [-0.1, -0.05) is 29.8 Å². The van der Waals surface area contributed by atoms with Crippen LogP contribution in [0.3, 0.4) is 0 Å². The number of aliphatic hydroxyl groups is 1. The zero-order valence-corrected chi connectivity index (χ0v) is 35.7. The van der Waals surface area contributed by atoms with Crippen molar-refractivity contribution in [2.75, 3.05) is 26.9 Å². The fourth-order valence-corrected chi connectivity index (χ4v) is 8.16. The molecule has 2 fully saturated rings. The van der Waals surface area contributed by atoms with Crippen LogP contribution in [-0.4, -0.2) is 125 Å². The molecule has 5 rings (SSSR count). The average Bonchev–Trinajstić information content (AvgIpc) is 3.69. The molecule has 63 heavy (non-hydrogen) atoms. The Labute approximate surface area is 360 Å². The molecule has 0 radical (unpaired) electrons. The first-order valence-electron chi connectivity index (χ1n) is 19.3. The molecule has 22 nitrogen and oxygen atoms in total. The first kappa shape index (κ1) is 48.5. The molecule has 0 amide bonds. The van der Waals surface area contributed by atoms with E-state index in [1.807, 2.05) is 0 Å². The Morgan fingerprint density at radius 2 is 1.51 bits per heavy atom. The van der Waals surface area contributed by atoms with Crippen molar-refractivity contribution in [2.45, 2.75) is 101 Å². The SMILES string of the molecule is COC(=O)C1=CO[C@@H](O[C@@H]2O[C@H](COC(C)=O)[C@@H](OC(C)=O)[C@H](OC(C)=O)[C@H]2OC(C)=O)[C@H](C(O)COS(=O)(=O)c2ccc(C)cc2)[C@@H]1CC1OCC(c2ccccc2[N+](=O)[O-])O1. The van der Waals surface area contributed by atoms with Crippen LogP contribution in [0.1, 0.15) is 51.3 Å². The number of ether oxygens (including phenoxy) is 10. The largest absolute Gasteiger partial charge is 0.471 e. The molecule has 344 valence electrons. The van der Waals surface area contributed by atoms with Crippen LogP contribution >= 0.6 is 0 Å². The summed E-state index contributed by atoms with van der Waals surface area (Å²) in [6.07, 6.45) is -13.7. The molecule has 3 aliphatic rings. The van der Waals surface area contributed by atoms with Crippen LogP contribution in [0.5, 0.6) is 0 Å². The topological polar surface area (TPSA) is 284 Å². The van der Waals surface area contributed by atoms with Crippen LogP contribution in [0.25, 0.3) is 0 Å². The number of para-hydroxylation sites is 1. The number of esters is 5. The van der Waals surface area contributed by atoms with Gasteiger partial charge in [0.25, 0.3) is 15.8 Å². The maximum absolute atomic E-state index is 13.4. The second-order valence-electron chi connectivity index (χ2n) is 14.5. The second-order valence-corrected chi connectivity index (χ2v) is 16.1. The normalized spacial score (nSPS) is 27.4. The average molecular weight is 910 g/mol. The van der Waals surface area contributed by atoms with Crippen molar-refractivity contribution in [3.05, 3.63) is 81.6 Å². The van der Waals surface area contributed by atoms with Gasteiger partial charge in [-0.3, -0.25) is 33.5 Å². The number of benzene rings is 2. The van der Waals surface area contributed by atoms with E-state index in [2.05, 4.69) is 0 Å². The number of hydrogen-bond acceptors (Lipinski definition) is 21. The van der Waals surface area contributed by atoms with E-state index in [9.17, 15) is 47.6 Å². The van der Waals surface area contributed by atoms with E-state index in [0.717, 1.165) is 46.6 Å². The Bertz CT molecular complexity index is 2140. The lowest BCUT2D eigenvalue weighted by atomic mass is 9.78. The minimum absolute atomic E-state index is 0.175. The van der Waals surface area contributed by atoms with Gasteiger partial charge in [0.05, 0.1) is 59.6 Å². The summed E-state index contributed by atoms with van der Waals surface area (Å²) in [6.45, 7) is 4.11. The summed E-state index contributed by atoms with van der Waals surface area (Å²) in [5.74, 6) is -7.40. The highest BCUT2D eigenvalue weighted by molar-refractivity contribution is 7.86. The molecule has 2 aromatic rings. The minimum Gasteiger partial charge on any atom is -0.471 e. The number of methoxy groups -OCH3 is 1. The minimum atomic E-state index is -4.52. The Morgan fingerprint density at radius 3 is 2.13 bits per heavy atom. The second kappa shape index (κ2) is 21.2. The molecule has 3 aliphatic heterocycles. The van der Waals surface area contributed by atoms with Gasteiger partial charge in [0.15, 0.2) is 24.6 Å². The number of aryl methyl sites for hydroxylation is 1. The molecule has 11 atom stereocenters. The lowest BCUT2D eigenvalue weighted by molar-refractivity contribution is -0.386. The van der Waals surface area contributed by atoms with Crippen molar-refractivity contribution < 1.29 is 94.0 Å². The summed E-state index contributed by atoms with van der Waals surface area (Å²) < 4.78 is 88.8. The molecular formula is C40H47NO21S. The van der Waals surface area contributed by atoms with Crippen LogP contribution < -0.4 is 0 Å². The lowest BCUT2D eigenvalue weighted by Crippen LogP contribution is -2.64. The molecule has 0 spiro atoms. The van der Waals surface area contributed by atoms with Gasteiger partial charge in [-0.25, -0.2) is 4.79 Å². The van der Waals surface area contributed by atoms with E-state index in [4.69, 9.17) is 51.6 Å². The fourth-order valence-electron chi connectivity index (χ4n) is 7.24. The summed E-state index contributed by atoms with van der Waals surface area (Å²) in [6, 6.07) is 11.5. The summed E-state index contributed by atoms with van der Waals surface area (Å²) in [5.41, 5.74) is 0.468. The van der Waals surface area contributed by atoms with Crippen LogP contribution in [0.4, 0.5) is 5.69 Å². The van der Waals surface area contributed by atoms with E-state index in [0.29, 0.717) is 0 Å². The van der Waals surface area contributed by atoms with Gasteiger partial charge in [0, 0.05) is 46.1 Å². The van der Waals surface area contributed by atoms with Crippen LogP contribution in [0.2, 0.25) is 0 Å². The molecule has 2 aromatic carbocycles. The number of carbonyl (C=O) groups excluding carboxylic acids is 5. The van der Waals surface area contributed by atoms with Crippen LogP contribution in [-0.2, 0) is 85.6 Å². The van der Waals surface area contributed by atoms with Gasteiger partial charge in [-0.05, 0) is 25.1 Å². The standard InChI is InChI=1S/C40H47NO21S/c1-20-11-13-25(14-12-20)63(50,51)56-17-30(46)34-27(15-33-54-18-31(60-33)26-9-7-8-10-29(26)41(48)49)28(38(47)52-6)16-55-39(34)62-40-37(59-24(5)45)36(58-23(4)44)35(57-22(3)43)32(61-40)19-53-21(2)42/h7-14,16,27,30-37,39-40,46H,15,17-19H2,1-6H3/t27-,30?,31?,32-,33?,34+,35-,36+,37-,39+,40+/m1/s1. The third kappa shape index (κ3) is 12.3. The van der Waals surface area contributed by atoms with Crippen molar-refractivity contribution >= 4 is 45.7 Å². The zero-order valence-electron chi connectivity index (χ0n) is 34.8. The highest BCUT2D eigenvalue weighted by Gasteiger charge is 2.55. The van der Waals surface area contributed by atoms with Gasteiger partial charge in [-0.2, -0.15) is 8.42 Å². The first-order valence-corrected chi connectivity index (χ1v) is 20.7. The van der Waals surface area contributed by atoms with Gasteiger partial charge in [-0.15, -0.1) is 0 Å². The Hall–Kier alpha value is -5.56. The molecular weight excluding hydrogens is 862 g/mol. The smallest absolute Gasteiger partial charge is 0.337 e. The van der Waals surface area contributed by atoms with E-state index < -0.39 is 125 Å². The van der Waals surface area contributed by atoms with Crippen molar-refractivity contribution in [3.8, 4) is 0 Å². The Kier molecular flexibility index (Phi) is 16.3. The Balaban J connectivity index is 1.56. The lowest BCUT2D eigenvalue weighted by Gasteiger charge is -2.46. The van der Waals surface area contributed by atoms with E-state index in [1.54, 1.807) is 13.0 Å². The van der Waals surface area contributed by atoms with Crippen molar-refractivity contribution in [3.63, 3.8) is 0 Å². The summed E-state index contributed by atoms with van der Waals surface area (Å²) in [7, 11) is -3.46. The number of nitrogens with zero attached hydrogens (tertiary/aromatic N) is 1. The number of hydrogen-bond donors (Lipinski definition) is 1. The number of aliphatic hydroxyl groups excluding tert-OH is 1. The van der Waals surface area contributed by atoms with Crippen molar-refractivity contribution in [1.82, 2.24) is 0 Å². The monoisotopic (exact) mass is 909 g/mol. The van der Waals surface area contributed by atoms with E-state index in [1.165, 1.54) is 42.5 Å². The van der Waals surface area contributed by atoms with Crippen molar-refractivity contribution in [1.29, 1.82) is 0 Å².